The van der Waals surface area contributed by atoms with Crippen LogP contribution in [0.1, 0.15) is 32.3 Å². The van der Waals surface area contributed by atoms with E-state index in [0.717, 1.165) is 31.5 Å². The van der Waals surface area contributed by atoms with E-state index in [1.165, 1.54) is 6.07 Å². The zero-order valence-electron chi connectivity index (χ0n) is 12.4. The van der Waals surface area contributed by atoms with Crippen LogP contribution in [-0.4, -0.2) is 29.1 Å². The van der Waals surface area contributed by atoms with Gasteiger partial charge in [0, 0.05) is 13.1 Å². The number of benzene rings is 1. The maximum absolute atomic E-state index is 13.5. The molecule has 0 bridgehead atoms. The summed E-state index contributed by atoms with van der Waals surface area (Å²) in [5.74, 6) is -1.05. The highest BCUT2D eigenvalue weighted by Gasteiger charge is 2.38. The summed E-state index contributed by atoms with van der Waals surface area (Å²) in [5, 5.41) is 9.48. The lowest BCUT2D eigenvalue weighted by Crippen LogP contribution is -2.44. The highest BCUT2D eigenvalue weighted by molar-refractivity contribution is 6.30. The minimum absolute atomic E-state index is 0.112. The number of halogens is 2. The average Bonchev–Trinajstić information content (AvgIpc) is 2.43. The monoisotopic (exact) mass is 313 g/mol. The lowest BCUT2D eigenvalue weighted by Gasteiger charge is -2.39. The Bertz CT molecular complexity index is 533. The third-order valence-corrected chi connectivity index (χ3v) is 4.77. The molecule has 0 aliphatic carbocycles. The van der Waals surface area contributed by atoms with Crippen molar-refractivity contribution in [1.82, 2.24) is 4.90 Å². The zero-order valence-corrected chi connectivity index (χ0v) is 13.2. The predicted molar refractivity (Wildman–Crippen MR) is 80.8 cm³/mol. The fraction of sp³-hybridized carbons (Fsp3) is 0.562. The molecule has 1 aliphatic rings. The Morgan fingerprint density at radius 3 is 2.86 bits per heavy atom. The highest BCUT2D eigenvalue weighted by atomic mass is 35.5. The van der Waals surface area contributed by atoms with Gasteiger partial charge in [-0.3, -0.25) is 9.69 Å². The number of carbonyl (C=O) groups is 1. The molecule has 1 aromatic rings. The van der Waals surface area contributed by atoms with E-state index in [1.807, 2.05) is 6.07 Å². The number of carboxylic acids is 1. The summed E-state index contributed by atoms with van der Waals surface area (Å²) < 4.78 is 13.5. The van der Waals surface area contributed by atoms with Gasteiger partial charge in [-0.1, -0.05) is 17.7 Å². The van der Waals surface area contributed by atoms with Gasteiger partial charge in [0.05, 0.1) is 10.4 Å². The van der Waals surface area contributed by atoms with Crippen molar-refractivity contribution >= 4 is 17.6 Å². The average molecular weight is 314 g/mol. The molecule has 3 nitrogen and oxygen atoms in total. The third-order valence-electron chi connectivity index (χ3n) is 4.47. The van der Waals surface area contributed by atoms with Crippen LogP contribution in [0, 0.1) is 17.2 Å². The molecule has 1 atom stereocenters. The van der Waals surface area contributed by atoms with Gasteiger partial charge in [-0.2, -0.15) is 0 Å². The van der Waals surface area contributed by atoms with Crippen molar-refractivity contribution in [3.63, 3.8) is 0 Å². The van der Waals surface area contributed by atoms with Crippen molar-refractivity contribution in [3.05, 3.63) is 34.6 Å². The van der Waals surface area contributed by atoms with Crippen molar-refractivity contribution in [3.8, 4) is 0 Å². The van der Waals surface area contributed by atoms with Crippen LogP contribution in [0.4, 0.5) is 4.39 Å². The molecule has 0 saturated carbocycles. The van der Waals surface area contributed by atoms with E-state index in [0.29, 0.717) is 6.54 Å². The van der Waals surface area contributed by atoms with Crippen molar-refractivity contribution in [1.29, 1.82) is 0 Å². The standard InChI is InChI=1S/C16H21ClFNO2/c1-16(2,15(20)21)12-4-3-7-19(10-12)9-11-5-6-13(17)14(18)8-11/h5-6,8,12H,3-4,7,9-10H2,1-2H3,(H,20,21). The van der Waals surface area contributed by atoms with Gasteiger partial charge in [-0.05, 0) is 56.8 Å². The summed E-state index contributed by atoms with van der Waals surface area (Å²) in [4.78, 5) is 13.6. The van der Waals surface area contributed by atoms with Crippen LogP contribution in [0.5, 0.6) is 0 Å². The maximum Gasteiger partial charge on any atom is 0.309 e. The molecular weight excluding hydrogens is 293 g/mol. The molecule has 1 fully saturated rings. The van der Waals surface area contributed by atoms with E-state index in [9.17, 15) is 14.3 Å². The summed E-state index contributed by atoms with van der Waals surface area (Å²) in [6, 6.07) is 4.83. The van der Waals surface area contributed by atoms with Crippen LogP contribution in [-0.2, 0) is 11.3 Å². The second kappa shape index (κ2) is 6.32. The molecule has 0 aromatic heterocycles. The van der Waals surface area contributed by atoms with E-state index in [4.69, 9.17) is 11.6 Å². The number of hydrogen-bond donors (Lipinski definition) is 1. The fourth-order valence-corrected chi connectivity index (χ4v) is 2.98. The number of rotatable bonds is 4. The summed E-state index contributed by atoms with van der Waals surface area (Å²) >= 11 is 5.69. The summed E-state index contributed by atoms with van der Waals surface area (Å²) in [5.41, 5.74) is 0.134. The molecule has 0 amide bonds. The molecule has 1 aliphatic heterocycles. The Morgan fingerprint density at radius 2 is 2.24 bits per heavy atom. The van der Waals surface area contributed by atoms with Crippen LogP contribution < -0.4 is 0 Å². The van der Waals surface area contributed by atoms with Crippen molar-refractivity contribution in [2.24, 2.45) is 11.3 Å². The molecule has 116 valence electrons. The molecular formula is C16H21ClFNO2. The number of likely N-dealkylation sites (tertiary alicyclic amines) is 1. The van der Waals surface area contributed by atoms with Crippen LogP contribution in [0.25, 0.3) is 0 Å². The van der Waals surface area contributed by atoms with E-state index < -0.39 is 17.2 Å². The number of hydrogen-bond acceptors (Lipinski definition) is 2. The van der Waals surface area contributed by atoms with Crippen molar-refractivity contribution < 1.29 is 14.3 Å². The summed E-state index contributed by atoms with van der Waals surface area (Å²) in [6.45, 7) is 5.83. The lowest BCUT2D eigenvalue weighted by atomic mass is 9.74. The second-order valence-electron chi connectivity index (χ2n) is 6.35. The van der Waals surface area contributed by atoms with Gasteiger partial charge in [0.1, 0.15) is 5.82 Å². The number of nitrogens with zero attached hydrogens (tertiary/aromatic N) is 1. The number of piperidine rings is 1. The zero-order chi connectivity index (χ0) is 15.6. The van der Waals surface area contributed by atoms with Crippen LogP contribution in [0.3, 0.4) is 0 Å². The van der Waals surface area contributed by atoms with Crippen LogP contribution in [0.15, 0.2) is 18.2 Å². The molecule has 1 saturated heterocycles. The van der Waals surface area contributed by atoms with Gasteiger partial charge in [0.2, 0.25) is 0 Å². The van der Waals surface area contributed by atoms with Crippen molar-refractivity contribution in [2.45, 2.75) is 33.2 Å². The number of aliphatic carboxylic acids is 1. The molecule has 0 spiro atoms. The van der Waals surface area contributed by atoms with E-state index in [2.05, 4.69) is 4.90 Å². The molecule has 1 aromatic carbocycles. The topological polar surface area (TPSA) is 40.5 Å². The smallest absolute Gasteiger partial charge is 0.309 e. The largest absolute Gasteiger partial charge is 0.481 e. The van der Waals surface area contributed by atoms with E-state index in [-0.39, 0.29) is 10.9 Å². The first-order chi connectivity index (χ1) is 9.80. The summed E-state index contributed by atoms with van der Waals surface area (Å²) in [6.07, 6.45) is 1.89. The second-order valence-corrected chi connectivity index (χ2v) is 6.76. The lowest BCUT2D eigenvalue weighted by molar-refractivity contribution is -0.151. The molecule has 2 rings (SSSR count). The first-order valence-corrected chi connectivity index (χ1v) is 7.58. The minimum atomic E-state index is -0.758. The van der Waals surface area contributed by atoms with Crippen LogP contribution in [0.2, 0.25) is 5.02 Å². The molecule has 1 unspecified atom stereocenters. The fourth-order valence-electron chi connectivity index (χ4n) is 2.86. The van der Waals surface area contributed by atoms with Gasteiger partial charge in [-0.25, -0.2) is 4.39 Å². The Labute approximate surface area is 129 Å². The van der Waals surface area contributed by atoms with Gasteiger partial charge in [-0.15, -0.1) is 0 Å². The summed E-state index contributed by atoms with van der Waals surface area (Å²) in [7, 11) is 0. The van der Waals surface area contributed by atoms with Gasteiger partial charge < -0.3 is 5.11 Å². The van der Waals surface area contributed by atoms with Crippen LogP contribution >= 0.6 is 11.6 Å². The Balaban J connectivity index is 2.04. The predicted octanol–water partition coefficient (Wildman–Crippen LogP) is 3.80. The first kappa shape index (κ1) is 16.2. The Hall–Kier alpha value is -1.13. The number of carboxylic acid groups (broad SMARTS) is 1. The highest BCUT2D eigenvalue weighted by Crippen LogP contribution is 2.34. The Kier molecular flexibility index (Phi) is 4.89. The molecule has 5 heteroatoms. The first-order valence-electron chi connectivity index (χ1n) is 7.20. The maximum atomic E-state index is 13.5. The van der Waals surface area contributed by atoms with Crippen molar-refractivity contribution in [2.75, 3.05) is 13.1 Å². The van der Waals surface area contributed by atoms with Gasteiger partial charge in [0.25, 0.3) is 0 Å². The van der Waals surface area contributed by atoms with Gasteiger partial charge >= 0.3 is 5.97 Å². The van der Waals surface area contributed by atoms with E-state index in [1.54, 1.807) is 19.9 Å². The van der Waals surface area contributed by atoms with Gasteiger partial charge in [0.15, 0.2) is 0 Å². The molecule has 1 heterocycles. The SMILES string of the molecule is CC(C)(C(=O)O)C1CCCN(Cc2ccc(Cl)c(F)c2)C1. The third kappa shape index (κ3) is 3.74. The minimum Gasteiger partial charge on any atom is -0.481 e. The molecule has 0 radical (unpaired) electrons. The normalized spacial score (nSPS) is 20.5. The quantitative estimate of drug-likeness (QED) is 0.919. The van der Waals surface area contributed by atoms with E-state index >= 15 is 0 Å². The molecule has 21 heavy (non-hydrogen) atoms. The Morgan fingerprint density at radius 1 is 1.52 bits per heavy atom. The molecule has 1 N–H and O–H groups in total.